The first-order chi connectivity index (χ1) is 9.83. The van der Waals surface area contributed by atoms with Gasteiger partial charge in [-0.15, -0.1) is 11.3 Å². The normalized spacial score (nSPS) is 13.1. The predicted molar refractivity (Wildman–Crippen MR) is 86.3 cm³/mol. The van der Waals surface area contributed by atoms with Gasteiger partial charge in [-0.05, 0) is 38.5 Å². The number of hydrogen-bond acceptors (Lipinski definition) is 5. The van der Waals surface area contributed by atoms with Crippen molar-refractivity contribution in [3.05, 3.63) is 39.7 Å². The summed E-state index contributed by atoms with van der Waals surface area (Å²) in [5, 5.41) is 2.84. The Balaban J connectivity index is 2.26. The van der Waals surface area contributed by atoms with Crippen LogP contribution >= 0.6 is 11.3 Å². The summed E-state index contributed by atoms with van der Waals surface area (Å²) in [6.07, 6.45) is 1.48. The predicted octanol–water partition coefficient (Wildman–Crippen LogP) is 2.84. The van der Waals surface area contributed by atoms with E-state index in [9.17, 15) is 8.42 Å². The van der Waals surface area contributed by atoms with Crippen LogP contribution in [0.4, 0.5) is 5.82 Å². The molecule has 0 amide bonds. The molecule has 0 aliphatic heterocycles. The number of hydrogen-bond donors (Lipinski definition) is 2. The molecule has 0 aromatic carbocycles. The minimum atomic E-state index is -3.57. The molecule has 0 aliphatic rings. The Morgan fingerprint density at radius 3 is 2.57 bits per heavy atom. The second-order valence-corrected chi connectivity index (χ2v) is 8.01. The number of nitrogens with one attached hydrogen (secondary N) is 2. The highest BCUT2D eigenvalue weighted by molar-refractivity contribution is 7.89. The molecule has 1 atom stereocenters. The number of rotatable bonds is 5. The van der Waals surface area contributed by atoms with Gasteiger partial charge in [0.1, 0.15) is 5.82 Å². The third-order valence-corrected chi connectivity index (χ3v) is 5.70. The molecule has 2 heterocycles. The molecule has 0 saturated heterocycles. The second-order valence-electron chi connectivity index (χ2n) is 4.84. The SMILES string of the molecule is CNc1cc(S(=O)(=O)NC(C)c2cc(C)sc2C)ccn1. The Hall–Kier alpha value is -1.44. The van der Waals surface area contributed by atoms with Gasteiger partial charge in [0.05, 0.1) is 4.90 Å². The number of pyridine rings is 1. The van der Waals surface area contributed by atoms with Crippen molar-refractivity contribution >= 4 is 27.2 Å². The highest BCUT2D eigenvalue weighted by Gasteiger charge is 2.20. The van der Waals surface area contributed by atoms with E-state index >= 15 is 0 Å². The van der Waals surface area contributed by atoms with E-state index in [4.69, 9.17) is 0 Å². The van der Waals surface area contributed by atoms with Crippen LogP contribution in [0.25, 0.3) is 0 Å². The Kier molecular flexibility index (Phi) is 4.65. The summed E-state index contributed by atoms with van der Waals surface area (Å²) in [4.78, 5) is 6.54. The van der Waals surface area contributed by atoms with Crippen molar-refractivity contribution in [3.63, 3.8) is 0 Å². The maximum atomic E-state index is 12.4. The zero-order chi connectivity index (χ0) is 15.6. The quantitative estimate of drug-likeness (QED) is 0.887. The van der Waals surface area contributed by atoms with Gasteiger partial charge >= 0.3 is 0 Å². The summed E-state index contributed by atoms with van der Waals surface area (Å²) < 4.78 is 27.6. The molecule has 0 bridgehead atoms. The maximum Gasteiger partial charge on any atom is 0.241 e. The molecule has 0 saturated carbocycles. The lowest BCUT2D eigenvalue weighted by atomic mass is 10.1. The van der Waals surface area contributed by atoms with E-state index in [2.05, 4.69) is 15.0 Å². The molecule has 2 rings (SSSR count). The van der Waals surface area contributed by atoms with Gasteiger partial charge in [-0.1, -0.05) is 0 Å². The molecule has 5 nitrogen and oxygen atoms in total. The number of sulfonamides is 1. The monoisotopic (exact) mass is 325 g/mol. The van der Waals surface area contributed by atoms with Crippen LogP contribution in [0.3, 0.4) is 0 Å². The Morgan fingerprint density at radius 2 is 2.00 bits per heavy atom. The second kappa shape index (κ2) is 6.13. The summed E-state index contributed by atoms with van der Waals surface area (Å²) in [6.45, 7) is 5.88. The van der Waals surface area contributed by atoms with Crippen LogP contribution in [0.15, 0.2) is 29.3 Å². The molecule has 0 spiro atoms. The fraction of sp³-hybridized carbons (Fsp3) is 0.357. The van der Waals surface area contributed by atoms with Gasteiger partial charge in [0.15, 0.2) is 0 Å². The van der Waals surface area contributed by atoms with Crippen molar-refractivity contribution in [1.82, 2.24) is 9.71 Å². The van der Waals surface area contributed by atoms with Gasteiger partial charge in [-0.2, -0.15) is 0 Å². The lowest BCUT2D eigenvalue weighted by molar-refractivity contribution is 0.566. The van der Waals surface area contributed by atoms with E-state index in [1.807, 2.05) is 26.8 Å². The number of nitrogens with zero attached hydrogens (tertiary/aromatic N) is 1. The molecule has 2 N–H and O–H groups in total. The van der Waals surface area contributed by atoms with E-state index in [0.29, 0.717) is 5.82 Å². The molecule has 2 aromatic heterocycles. The minimum absolute atomic E-state index is 0.207. The fourth-order valence-corrected chi connectivity index (χ4v) is 4.42. The van der Waals surface area contributed by atoms with Crippen molar-refractivity contribution in [3.8, 4) is 0 Å². The molecule has 0 aliphatic carbocycles. The smallest absolute Gasteiger partial charge is 0.241 e. The van der Waals surface area contributed by atoms with Crippen LogP contribution in [0, 0.1) is 13.8 Å². The average molecular weight is 325 g/mol. The standard InChI is InChI=1S/C14H19N3O2S2/c1-9-7-13(11(3)20-9)10(2)17-21(18,19)12-5-6-16-14(8-12)15-4/h5-8,10,17H,1-4H3,(H,15,16). The van der Waals surface area contributed by atoms with Gasteiger partial charge in [-0.3, -0.25) is 0 Å². The molecule has 7 heteroatoms. The van der Waals surface area contributed by atoms with Crippen LogP contribution in [0.2, 0.25) is 0 Å². The lowest BCUT2D eigenvalue weighted by Crippen LogP contribution is -2.27. The summed E-state index contributed by atoms with van der Waals surface area (Å²) in [6, 6.07) is 4.76. The Bertz CT molecular complexity index is 738. The Morgan fingerprint density at radius 1 is 1.29 bits per heavy atom. The molecule has 0 radical (unpaired) electrons. The third-order valence-electron chi connectivity index (χ3n) is 3.18. The molecule has 21 heavy (non-hydrogen) atoms. The van der Waals surface area contributed by atoms with Gasteiger partial charge in [-0.25, -0.2) is 18.1 Å². The maximum absolute atomic E-state index is 12.4. The highest BCUT2D eigenvalue weighted by Crippen LogP contribution is 2.27. The van der Waals surface area contributed by atoms with Gasteiger partial charge in [0, 0.05) is 35.1 Å². The largest absolute Gasteiger partial charge is 0.373 e. The van der Waals surface area contributed by atoms with E-state index in [1.165, 1.54) is 23.2 Å². The van der Waals surface area contributed by atoms with Crippen LogP contribution in [-0.2, 0) is 10.0 Å². The molecule has 114 valence electrons. The summed E-state index contributed by atoms with van der Waals surface area (Å²) >= 11 is 1.67. The first-order valence-electron chi connectivity index (χ1n) is 6.56. The molecule has 2 aromatic rings. The van der Waals surface area contributed by atoms with Gasteiger partial charge in [0.2, 0.25) is 10.0 Å². The lowest BCUT2D eigenvalue weighted by Gasteiger charge is -2.14. The summed E-state index contributed by atoms with van der Waals surface area (Å²) in [5.41, 5.74) is 1.02. The molecular weight excluding hydrogens is 306 g/mol. The summed E-state index contributed by atoms with van der Waals surface area (Å²) in [7, 11) is -1.87. The number of thiophene rings is 1. The van der Waals surface area contributed by atoms with E-state index < -0.39 is 10.0 Å². The zero-order valence-electron chi connectivity index (χ0n) is 12.5. The van der Waals surface area contributed by atoms with Crippen molar-refractivity contribution in [2.24, 2.45) is 0 Å². The first kappa shape index (κ1) is 15.9. The van der Waals surface area contributed by atoms with Crippen molar-refractivity contribution in [1.29, 1.82) is 0 Å². The first-order valence-corrected chi connectivity index (χ1v) is 8.86. The van der Waals surface area contributed by atoms with E-state index in [0.717, 1.165) is 10.4 Å². The van der Waals surface area contributed by atoms with Gasteiger partial charge < -0.3 is 5.32 Å². The van der Waals surface area contributed by atoms with Gasteiger partial charge in [0.25, 0.3) is 0 Å². The van der Waals surface area contributed by atoms with Crippen LogP contribution in [-0.4, -0.2) is 20.4 Å². The highest BCUT2D eigenvalue weighted by atomic mass is 32.2. The Labute approximate surface area is 129 Å². The minimum Gasteiger partial charge on any atom is -0.373 e. The van der Waals surface area contributed by atoms with E-state index in [-0.39, 0.29) is 10.9 Å². The van der Waals surface area contributed by atoms with Crippen molar-refractivity contribution in [2.45, 2.75) is 31.7 Å². The summed E-state index contributed by atoms with van der Waals surface area (Å²) in [5.74, 6) is 0.521. The average Bonchev–Trinajstić information content (AvgIpc) is 2.77. The van der Waals surface area contributed by atoms with Crippen molar-refractivity contribution in [2.75, 3.05) is 12.4 Å². The topological polar surface area (TPSA) is 71.1 Å². The molecule has 0 fully saturated rings. The number of aryl methyl sites for hydroxylation is 2. The number of anilines is 1. The molecular formula is C14H19N3O2S2. The third kappa shape index (κ3) is 3.61. The molecule has 1 unspecified atom stereocenters. The van der Waals surface area contributed by atoms with E-state index in [1.54, 1.807) is 18.4 Å². The zero-order valence-corrected chi connectivity index (χ0v) is 14.1. The van der Waals surface area contributed by atoms with Crippen LogP contribution in [0.5, 0.6) is 0 Å². The number of aromatic nitrogens is 1. The van der Waals surface area contributed by atoms with Crippen LogP contribution < -0.4 is 10.0 Å². The van der Waals surface area contributed by atoms with Crippen LogP contribution in [0.1, 0.15) is 28.3 Å². The fourth-order valence-electron chi connectivity index (χ4n) is 2.16. The van der Waals surface area contributed by atoms with Crippen molar-refractivity contribution < 1.29 is 8.42 Å².